The minimum atomic E-state index is -1.35. The number of carboxylic acid groups (broad SMARTS) is 1. The molecule has 8 heteroatoms. The molecule has 1 aromatic rings. The lowest BCUT2D eigenvalue weighted by molar-refractivity contribution is -0.384. The Morgan fingerprint density at radius 2 is 2.25 bits per heavy atom. The number of nitrogens with zero attached hydrogens (tertiary/aromatic N) is 1. The lowest BCUT2D eigenvalue weighted by atomic mass is 10.1. The standard InChI is InChI=1S/C12H14N2O5S/c1-12(2)10(19-11(15)16)13-9(20-12)7-4-3-5-8(6-7)14(17)18/h3-6,9-10,13H,1-2H3,(H,15,16)/t9?,10-/m0/s1. The van der Waals surface area contributed by atoms with Crippen LogP contribution in [0.5, 0.6) is 0 Å². The van der Waals surface area contributed by atoms with Crippen LogP contribution in [0.3, 0.4) is 0 Å². The van der Waals surface area contributed by atoms with Gasteiger partial charge in [0, 0.05) is 12.1 Å². The molecule has 108 valence electrons. The van der Waals surface area contributed by atoms with Gasteiger partial charge in [-0.2, -0.15) is 0 Å². The van der Waals surface area contributed by atoms with Crippen molar-refractivity contribution in [1.29, 1.82) is 0 Å². The lowest BCUT2D eigenvalue weighted by Crippen LogP contribution is -2.40. The summed E-state index contributed by atoms with van der Waals surface area (Å²) in [5.74, 6) is 0. The van der Waals surface area contributed by atoms with Gasteiger partial charge in [0.15, 0.2) is 6.23 Å². The first-order valence-electron chi connectivity index (χ1n) is 5.87. The van der Waals surface area contributed by atoms with Crippen molar-refractivity contribution in [3.05, 3.63) is 39.9 Å². The molecule has 2 atom stereocenters. The third kappa shape index (κ3) is 3.02. The fourth-order valence-electron chi connectivity index (χ4n) is 1.98. The van der Waals surface area contributed by atoms with E-state index in [4.69, 9.17) is 9.84 Å². The normalized spacial score (nSPS) is 24.3. The molecule has 7 nitrogen and oxygen atoms in total. The SMILES string of the molecule is CC1(C)SC(c2cccc([N+](=O)[O-])c2)N[C@H]1OC(=O)O. The Morgan fingerprint density at radius 1 is 1.55 bits per heavy atom. The zero-order valence-electron chi connectivity index (χ0n) is 10.9. The fraction of sp³-hybridized carbons (Fsp3) is 0.417. The van der Waals surface area contributed by atoms with E-state index in [1.165, 1.54) is 23.9 Å². The Kier molecular flexibility index (Phi) is 3.87. The molecule has 0 radical (unpaired) electrons. The number of nitro groups is 1. The number of ether oxygens (including phenoxy) is 1. The molecule has 1 unspecified atom stereocenters. The summed E-state index contributed by atoms with van der Waals surface area (Å²) in [6.45, 7) is 3.71. The van der Waals surface area contributed by atoms with Gasteiger partial charge in [0.2, 0.25) is 0 Å². The summed E-state index contributed by atoms with van der Waals surface area (Å²) in [5, 5.41) is 22.3. The van der Waals surface area contributed by atoms with Gasteiger partial charge in [0.1, 0.15) is 0 Å². The molecule has 0 spiro atoms. The van der Waals surface area contributed by atoms with Crippen LogP contribution in [0.2, 0.25) is 0 Å². The van der Waals surface area contributed by atoms with Crippen LogP contribution in [-0.4, -0.2) is 27.2 Å². The maximum absolute atomic E-state index is 10.8. The molecule has 2 rings (SSSR count). The molecule has 1 saturated heterocycles. The Labute approximate surface area is 119 Å². The maximum atomic E-state index is 10.8. The average molecular weight is 298 g/mol. The first kappa shape index (κ1) is 14.6. The average Bonchev–Trinajstić information content (AvgIpc) is 2.64. The zero-order valence-corrected chi connectivity index (χ0v) is 11.7. The van der Waals surface area contributed by atoms with Gasteiger partial charge in [-0.25, -0.2) is 4.79 Å². The molecular formula is C12H14N2O5S. The number of hydrogen-bond donors (Lipinski definition) is 2. The summed E-state index contributed by atoms with van der Waals surface area (Å²) in [4.78, 5) is 21.0. The van der Waals surface area contributed by atoms with Crippen LogP contribution < -0.4 is 5.32 Å². The van der Waals surface area contributed by atoms with E-state index in [0.29, 0.717) is 5.56 Å². The number of rotatable bonds is 3. The minimum absolute atomic E-state index is 0.00492. The second kappa shape index (κ2) is 5.29. The quantitative estimate of drug-likeness (QED) is 0.502. The van der Waals surface area contributed by atoms with Crippen molar-refractivity contribution < 1.29 is 19.6 Å². The van der Waals surface area contributed by atoms with Gasteiger partial charge in [-0.1, -0.05) is 12.1 Å². The topological polar surface area (TPSA) is 102 Å². The molecule has 2 N–H and O–H groups in total. The van der Waals surface area contributed by atoms with Crippen LogP contribution in [-0.2, 0) is 4.74 Å². The smallest absolute Gasteiger partial charge is 0.450 e. The predicted molar refractivity (Wildman–Crippen MR) is 73.5 cm³/mol. The highest BCUT2D eigenvalue weighted by Crippen LogP contribution is 2.46. The van der Waals surface area contributed by atoms with E-state index in [0.717, 1.165) is 0 Å². The van der Waals surface area contributed by atoms with Crippen LogP contribution in [0.1, 0.15) is 24.8 Å². The van der Waals surface area contributed by atoms with E-state index in [2.05, 4.69) is 5.32 Å². The van der Waals surface area contributed by atoms with E-state index in [1.807, 2.05) is 13.8 Å². The van der Waals surface area contributed by atoms with Gasteiger partial charge in [-0.15, -0.1) is 11.8 Å². The Morgan fingerprint density at radius 3 is 2.85 bits per heavy atom. The van der Waals surface area contributed by atoms with E-state index < -0.39 is 22.1 Å². The number of nitro benzene ring substituents is 1. The highest BCUT2D eigenvalue weighted by atomic mass is 32.2. The van der Waals surface area contributed by atoms with Crippen molar-refractivity contribution in [2.24, 2.45) is 0 Å². The molecule has 1 heterocycles. The molecule has 1 aromatic carbocycles. The second-order valence-electron chi connectivity index (χ2n) is 4.88. The largest absolute Gasteiger partial charge is 0.507 e. The molecule has 0 bridgehead atoms. The van der Waals surface area contributed by atoms with E-state index >= 15 is 0 Å². The van der Waals surface area contributed by atoms with Gasteiger partial charge >= 0.3 is 6.16 Å². The van der Waals surface area contributed by atoms with Crippen LogP contribution >= 0.6 is 11.8 Å². The number of non-ortho nitro benzene ring substituents is 1. The van der Waals surface area contributed by atoms with Gasteiger partial charge in [-0.05, 0) is 19.4 Å². The van der Waals surface area contributed by atoms with Crippen LogP contribution in [0.25, 0.3) is 0 Å². The minimum Gasteiger partial charge on any atom is -0.450 e. The van der Waals surface area contributed by atoms with Crippen molar-refractivity contribution in [2.75, 3.05) is 0 Å². The van der Waals surface area contributed by atoms with Gasteiger partial charge in [0.25, 0.3) is 5.69 Å². The number of benzene rings is 1. The Bertz CT molecular complexity index is 548. The molecule has 1 fully saturated rings. The summed E-state index contributed by atoms with van der Waals surface area (Å²) in [5.41, 5.74) is 0.721. The molecule has 0 saturated carbocycles. The Hall–Kier alpha value is -1.80. The van der Waals surface area contributed by atoms with Crippen molar-refractivity contribution >= 4 is 23.6 Å². The van der Waals surface area contributed by atoms with E-state index in [9.17, 15) is 14.9 Å². The lowest BCUT2D eigenvalue weighted by Gasteiger charge is -2.23. The van der Waals surface area contributed by atoms with Crippen LogP contribution in [0.4, 0.5) is 10.5 Å². The van der Waals surface area contributed by atoms with Crippen molar-refractivity contribution in [3.8, 4) is 0 Å². The van der Waals surface area contributed by atoms with Gasteiger partial charge in [-0.3, -0.25) is 15.4 Å². The first-order chi connectivity index (χ1) is 9.29. The first-order valence-corrected chi connectivity index (χ1v) is 6.75. The van der Waals surface area contributed by atoms with Crippen molar-refractivity contribution in [1.82, 2.24) is 5.32 Å². The maximum Gasteiger partial charge on any atom is 0.507 e. The summed E-state index contributed by atoms with van der Waals surface area (Å²) in [6, 6.07) is 6.26. The number of nitrogens with one attached hydrogen (secondary N) is 1. The molecular weight excluding hydrogens is 284 g/mol. The molecule has 0 aromatic heterocycles. The fourth-order valence-corrected chi connectivity index (χ4v) is 3.30. The van der Waals surface area contributed by atoms with E-state index in [-0.39, 0.29) is 11.1 Å². The van der Waals surface area contributed by atoms with Gasteiger partial charge < -0.3 is 9.84 Å². The van der Waals surface area contributed by atoms with Crippen molar-refractivity contribution in [2.45, 2.75) is 30.2 Å². The third-order valence-electron chi connectivity index (χ3n) is 2.96. The van der Waals surface area contributed by atoms with E-state index in [1.54, 1.807) is 12.1 Å². The number of thioether (sulfide) groups is 1. The number of carbonyl (C=O) groups is 1. The van der Waals surface area contributed by atoms with Crippen molar-refractivity contribution in [3.63, 3.8) is 0 Å². The molecule has 20 heavy (non-hydrogen) atoms. The zero-order chi connectivity index (χ0) is 14.9. The monoisotopic (exact) mass is 298 g/mol. The highest BCUT2D eigenvalue weighted by Gasteiger charge is 2.44. The summed E-state index contributed by atoms with van der Waals surface area (Å²) < 4.78 is 4.34. The molecule has 1 aliphatic heterocycles. The van der Waals surface area contributed by atoms with Crippen LogP contribution in [0, 0.1) is 10.1 Å². The Balaban J connectivity index is 2.21. The predicted octanol–water partition coefficient (Wildman–Crippen LogP) is 2.73. The summed E-state index contributed by atoms with van der Waals surface area (Å²) in [7, 11) is 0. The molecule has 0 aliphatic carbocycles. The van der Waals surface area contributed by atoms with Crippen LogP contribution in [0.15, 0.2) is 24.3 Å². The highest BCUT2D eigenvalue weighted by molar-refractivity contribution is 8.01. The number of hydrogen-bond acceptors (Lipinski definition) is 6. The molecule has 0 amide bonds. The summed E-state index contributed by atoms with van der Waals surface area (Å²) in [6.07, 6.45) is -2.02. The summed E-state index contributed by atoms with van der Waals surface area (Å²) >= 11 is 1.47. The third-order valence-corrected chi connectivity index (χ3v) is 4.42. The molecule has 1 aliphatic rings. The van der Waals surface area contributed by atoms with Gasteiger partial charge in [0.05, 0.1) is 15.0 Å². The second-order valence-corrected chi connectivity index (χ2v) is 6.64.